The number of hydrogen-bond acceptors (Lipinski definition) is 7. The van der Waals surface area contributed by atoms with Gasteiger partial charge in [-0.3, -0.25) is 9.69 Å². The molecule has 8 rings (SSSR count). The van der Waals surface area contributed by atoms with Crippen LogP contribution in [0, 0.1) is 5.82 Å². The zero-order valence-electron chi connectivity index (χ0n) is 28.9. The van der Waals surface area contributed by atoms with Crippen molar-refractivity contribution in [3.05, 3.63) is 70.9 Å². The molecule has 5 heterocycles. The molecule has 3 fully saturated rings. The largest absolute Gasteiger partial charge is 0.497 e. The second kappa shape index (κ2) is 14.4. The van der Waals surface area contributed by atoms with Gasteiger partial charge in [-0.2, -0.15) is 0 Å². The van der Waals surface area contributed by atoms with Gasteiger partial charge in [0.25, 0.3) is 0 Å². The molecule has 0 spiro atoms. The number of carbonyl (C=O) groups is 2. The number of halogens is 1. The van der Waals surface area contributed by atoms with Crippen LogP contribution in [-0.2, 0) is 16.1 Å². The fourth-order valence-electron chi connectivity index (χ4n) is 8.41. The fraction of sp³-hybridized carbons (Fsp3) is 0.425. The molecule has 2 saturated heterocycles. The number of hydrogen-bond donors (Lipinski definition) is 1. The molecular formula is C40H43FN4O5S. The summed E-state index contributed by atoms with van der Waals surface area (Å²) < 4.78 is 28.8. The maximum Gasteiger partial charge on any atom is 0.345 e. The van der Waals surface area contributed by atoms with Crippen LogP contribution in [0.3, 0.4) is 0 Å². The second-order valence-corrected chi connectivity index (χ2v) is 15.1. The number of nitrogens with zero attached hydrogens (tertiary/aromatic N) is 4. The van der Waals surface area contributed by atoms with Crippen LogP contribution in [0.5, 0.6) is 5.75 Å². The Labute approximate surface area is 300 Å². The number of rotatable bonds is 8. The molecule has 266 valence electrons. The van der Waals surface area contributed by atoms with Crippen molar-refractivity contribution >= 4 is 44.3 Å². The van der Waals surface area contributed by atoms with Crippen LogP contribution in [0.15, 0.2) is 54.6 Å². The number of likely N-dealkylation sites (tertiary alicyclic amines) is 1. The lowest BCUT2D eigenvalue weighted by atomic mass is 9.83. The van der Waals surface area contributed by atoms with Gasteiger partial charge in [-0.25, -0.2) is 14.2 Å². The molecule has 2 aliphatic heterocycles. The standard InChI is InChI=1S/C40H43FN4O5S/c1-49-29-9-10-31(41)30(22-29)33-12-7-26-21-27(8-11-32(26)42-33)38-37(25-5-3-2-4-6-25)39-34(23-35(51-39)40(47)48)45(38)24-36(46)44-15-13-28(14-16-44)43-17-19-50-20-18-43/h7-12,21-23,25,28H,2-6,13-20,24H2,1H3,(H,47,48). The van der Waals surface area contributed by atoms with E-state index in [1.807, 2.05) is 29.2 Å². The predicted octanol–water partition coefficient (Wildman–Crippen LogP) is 7.80. The highest BCUT2D eigenvalue weighted by atomic mass is 32.1. The number of carboxylic acids is 1. The van der Waals surface area contributed by atoms with Gasteiger partial charge in [0.05, 0.1) is 47.4 Å². The molecule has 1 saturated carbocycles. The highest BCUT2D eigenvalue weighted by Gasteiger charge is 2.32. The van der Waals surface area contributed by atoms with Gasteiger partial charge in [0, 0.05) is 43.2 Å². The van der Waals surface area contributed by atoms with E-state index in [0.29, 0.717) is 36.1 Å². The van der Waals surface area contributed by atoms with Crippen molar-refractivity contribution in [3.63, 3.8) is 0 Å². The van der Waals surface area contributed by atoms with E-state index in [2.05, 4.69) is 15.5 Å². The topological polar surface area (TPSA) is 97.1 Å². The molecule has 1 amide bonds. The van der Waals surface area contributed by atoms with E-state index in [9.17, 15) is 19.1 Å². The van der Waals surface area contributed by atoms with Crippen LogP contribution in [0.2, 0.25) is 0 Å². The van der Waals surface area contributed by atoms with E-state index in [4.69, 9.17) is 14.5 Å². The molecule has 3 aliphatic rings. The third-order valence-corrected chi connectivity index (χ3v) is 12.2. The number of piperidine rings is 1. The minimum atomic E-state index is -0.949. The van der Waals surface area contributed by atoms with E-state index in [1.165, 1.54) is 23.8 Å². The Bertz CT molecular complexity index is 2090. The molecule has 51 heavy (non-hydrogen) atoms. The molecule has 0 radical (unpaired) electrons. The summed E-state index contributed by atoms with van der Waals surface area (Å²) in [6, 6.07) is 16.7. The van der Waals surface area contributed by atoms with E-state index < -0.39 is 5.97 Å². The Kier molecular flexibility index (Phi) is 9.52. The summed E-state index contributed by atoms with van der Waals surface area (Å²) in [6.07, 6.45) is 7.37. The van der Waals surface area contributed by atoms with Crippen LogP contribution in [0.25, 0.3) is 43.6 Å². The van der Waals surface area contributed by atoms with Gasteiger partial charge in [-0.1, -0.05) is 31.4 Å². The quantitative estimate of drug-likeness (QED) is 0.176. The fourth-order valence-corrected chi connectivity index (χ4v) is 9.53. The summed E-state index contributed by atoms with van der Waals surface area (Å²) in [7, 11) is 1.55. The van der Waals surface area contributed by atoms with E-state index in [0.717, 1.165) is 103 Å². The Hall–Kier alpha value is -4.32. The Morgan fingerprint density at radius 1 is 0.961 bits per heavy atom. The first kappa shape index (κ1) is 33.8. The van der Waals surface area contributed by atoms with Gasteiger partial charge < -0.3 is 24.0 Å². The molecule has 1 aliphatic carbocycles. The van der Waals surface area contributed by atoms with Crippen molar-refractivity contribution in [2.24, 2.45) is 0 Å². The average Bonchev–Trinajstić information content (AvgIpc) is 3.74. The van der Waals surface area contributed by atoms with Crippen molar-refractivity contribution in [2.45, 2.75) is 63.5 Å². The highest BCUT2D eigenvalue weighted by molar-refractivity contribution is 7.21. The van der Waals surface area contributed by atoms with E-state index in [1.54, 1.807) is 25.3 Å². The maximum absolute atomic E-state index is 14.9. The van der Waals surface area contributed by atoms with Crippen LogP contribution < -0.4 is 4.74 Å². The summed E-state index contributed by atoms with van der Waals surface area (Å²) in [5.74, 6) is -0.439. The van der Waals surface area contributed by atoms with Gasteiger partial charge in [0.1, 0.15) is 23.0 Å². The summed E-state index contributed by atoms with van der Waals surface area (Å²) in [6.45, 7) is 4.97. The number of carbonyl (C=O) groups excluding carboxylic acids is 1. The molecule has 3 aromatic heterocycles. The lowest BCUT2D eigenvalue weighted by Gasteiger charge is -2.40. The van der Waals surface area contributed by atoms with Crippen molar-refractivity contribution in [2.75, 3.05) is 46.5 Å². The first-order valence-corrected chi connectivity index (χ1v) is 18.9. The van der Waals surface area contributed by atoms with Crippen molar-refractivity contribution in [1.82, 2.24) is 19.4 Å². The summed E-state index contributed by atoms with van der Waals surface area (Å²) in [5.41, 5.74) is 5.53. The molecule has 11 heteroatoms. The zero-order chi connectivity index (χ0) is 35.1. The molecule has 1 N–H and O–H groups in total. The number of ether oxygens (including phenoxy) is 2. The van der Waals surface area contributed by atoms with Crippen molar-refractivity contribution < 1.29 is 28.6 Å². The first-order valence-electron chi connectivity index (χ1n) is 18.1. The van der Waals surface area contributed by atoms with Crippen molar-refractivity contribution in [3.8, 4) is 28.3 Å². The number of methoxy groups -OCH3 is 1. The SMILES string of the molecule is COc1ccc(F)c(-c2ccc3cc(-c4c(C5CCCCC5)c5sc(C(=O)O)cc5n4CC(=O)N4CCC(N5CCOCC5)CC4)ccc3n2)c1. The monoisotopic (exact) mass is 710 g/mol. The molecule has 2 aromatic carbocycles. The zero-order valence-corrected chi connectivity index (χ0v) is 29.7. The van der Waals surface area contributed by atoms with Gasteiger partial charge in [-0.15, -0.1) is 11.3 Å². The lowest BCUT2D eigenvalue weighted by molar-refractivity contribution is -0.133. The number of morpholine rings is 1. The highest BCUT2D eigenvalue weighted by Crippen LogP contribution is 2.47. The number of thiophene rings is 1. The number of amides is 1. The Balaban J connectivity index is 1.18. The molecule has 5 aromatic rings. The molecule has 9 nitrogen and oxygen atoms in total. The summed E-state index contributed by atoms with van der Waals surface area (Å²) in [5, 5.41) is 10.9. The van der Waals surface area contributed by atoms with Crippen LogP contribution in [0.4, 0.5) is 4.39 Å². The lowest BCUT2D eigenvalue weighted by Crippen LogP contribution is -2.50. The second-order valence-electron chi connectivity index (χ2n) is 14.0. The number of aromatic carboxylic acids is 1. The third kappa shape index (κ3) is 6.63. The van der Waals surface area contributed by atoms with Crippen LogP contribution in [-0.4, -0.2) is 88.9 Å². The Morgan fingerprint density at radius 3 is 2.49 bits per heavy atom. The summed E-state index contributed by atoms with van der Waals surface area (Å²) >= 11 is 1.32. The number of fused-ring (bicyclic) bond motifs is 2. The minimum Gasteiger partial charge on any atom is -0.497 e. The van der Waals surface area contributed by atoms with E-state index >= 15 is 0 Å². The van der Waals surface area contributed by atoms with Gasteiger partial charge >= 0.3 is 5.97 Å². The van der Waals surface area contributed by atoms with Crippen LogP contribution >= 0.6 is 11.3 Å². The smallest absolute Gasteiger partial charge is 0.345 e. The molecule has 0 bridgehead atoms. The normalized spacial score (nSPS) is 18.1. The maximum atomic E-state index is 14.9. The van der Waals surface area contributed by atoms with Gasteiger partial charge in [-0.05, 0) is 85.2 Å². The third-order valence-electron chi connectivity index (χ3n) is 11.1. The molecule has 0 unspecified atom stereocenters. The van der Waals surface area contributed by atoms with Gasteiger partial charge in [0.2, 0.25) is 5.91 Å². The number of benzene rings is 2. The first-order chi connectivity index (χ1) is 24.9. The predicted molar refractivity (Wildman–Crippen MR) is 197 cm³/mol. The van der Waals surface area contributed by atoms with E-state index in [-0.39, 0.29) is 29.1 Å². The molecular weight excluding hydrogens is 668 g/mol. The number of pyridine rings is 1. The number of aromatic nitrogens is 2. The van der Waals surface area contributed by atoms with Crippen molar-refractivity contribution in [1.29, 1.82) is 0 Å². The Morgan fingerprint density at radius 2 is 1.75 bits per heavy atom. The summed E-state index contributed by atoms with van der Waals surface area (Å²) in [4.78, 5) is 36.0. The minimum absolute atomic E-state index is 0.0549. The van der Waals surface area contributed by atoms with Gasteiger partial charge in [0.15, 0.2) is 0 Å². The number of carboxylic acid groups (broad SMARTS) is 1. The average molecular weight is 711 g/mol. The molecule has 0 atom stereocenters. The van der Waals surface area contributed by atoms with Crippen LogP contribution in [0.1, 0.15) is 66.1 Å².